The van der Waals surface area contributed by atoms with Crippen LogP contribution in [0.5, 0.6) is 17.2 Å². The van der Waals surface area contributed by atoms with E-state index in [9.17, 15) is 4.79 Å². The summed E-state index contributed by atoms with van der Waals surface area (Å²) in [4.78, 5) is 19.9. The van der Waals surface area contributed by atoms with Crippen molar-refractivity contribution in [3.05, 3.63) is 52.6 Å². The Bertz CT molecular complexity index is 1260. The number of nitrogens with zero attached hydrogens (tertiary/aromatic N) is 5. The minimum Gasteiger partial charge on any atom is -0.494 e. The molecule has 1 N–H and O–H groups in total. The van der Waals surface area contributed by atoms with Crippen molar-refractivity contribution in [2.24, 2.45) is 0 Å². The van der Waals surface area contributed by atoms with E-state index in [-0.39, 0.29) is 5.56 Å². The number of ether oxygens (including phenoxy) is 3. The number of fused-ring (bicyclic) bond motifs is 1. The molecule has 4 rings (SSSR count). The molecule has 0 saturated heterocycles. The second kappa shape index (κ2) is 8.41. The van der Waals surface area contributed by atoms with Crippen molar-refractivity contribution in [1.29, 1.82) is 0 Å². The number of hydrogen-bond donors (Lipinski definition) is 1. The smallest absolute Gasteiger partial charge is 0.258 e. The zero-order chi connectivity index (χ0) is 21.1. The number of nitrogens with one attached hydrogen (secondary N) is 1. The standard InChI is InChI=1S/C19H18N6O4S/c1-27-14-7-5-4-6-13(14)25-19(22-23-24-25)30-10-17-20-12-9-16(29-3)15(28-2)8-11(12)18(26)21-17/h4-9H,10H2,1-3H3,(H,20,21,26). The van der Waals surface area contributed by atoms with Crippen LogP contribution in [0.2, 0.25) is 0 Å². The van der Waals surface area contributed by atoms with Gasteiger partial charge in [-0.25, -0.2) is 4.98 Å². The van der Waals surface area contributed by atoms with E-state index in [4.69, 9.17) is 14.2 Å². The molecule has 0 bridgehead atoms. The van der Waals surface area contributed by atoms with Gasteiger partial charge in [0, 0.05) is 6.07 Å². The number of H-pyrrole nitrogens is 1. The third-order valence-corrected chi connectivity index (χ3v) is 5.28. The summed E-state index contributed by atoms with van der Waals surface area (Å²) in [6.07, 6.45) is 0. The first-order chi connectivity index (χ1) is 14.6. The molecule has 0 saturated carbocycles. The Morgan fingerprint density at radius 2 is 1.77 bits per heavy atom. The number of tetrazole rings is 1. The van der Waals surface area contributed by atoms with Gasteiger partial charge >= 0.3 is 0 Å². The molecular formula is C19H18N6O4S. The number of para-hydroxylation sites is 2. The summed E-state index contributed by atoms with van der Waals surface area (Å²) in [5.74, 6) is 2.45. The third-order valence-electron chi connectivity index (χ3n) is 4.35. The predicted octanol–water partition coefficient (Wildman–Crippen LogP) is 2.22. The maximum atomic E-state index is 12.5. The molecule has 0 radical (unpaired) electrons. The Morgan fingerprint density at radius 1 is 1.03 bits per heavy atom. The highest BCUT2D eigenvalue weighted by molar-refractivity contribution is 7.98. The van der Waals surface area contributed by atoms with Crippen LogP contribution in [0.4, 0.5) is 0 Å². The molecule has 0 aliphatic rings. The van der Waals surface area contributed by atoms with Gasteiger partial charge in [0.2, 0.25) is 5.16 Å². The Balaban J connectivity index is 1.64. The maximum absolute atomic E-state index is 12.5. The summed E-state index contributed by atoms with van der Waals surface area (Å²) in [6, 6.07) is 10.7. The van der Waals surface area contributed by atoms with E-state index >= 15 is 0 Å². The lowest BCUT2D eigenvalue weighted by Crippen LogP contribution is -2.12. The number of benzene rings is 2. The van der Waals surface area contributed by atoms with Crippen LogP contribution in [0, 0.1) is 0 Å². The molecule has 0 fully saturated rings. The highest BCUT2D eigenvalue weighted by Crippen LogP contribution is 2.31. The van der Waals surface area contributed by atoms with E-state index in [0.29, 0.717) is 50.6 Å². The molecule has 0 spiro atoms. The van der Waals surface area contributed by atoms with Crippen LogP contribution in [0.1, 0.15) is 5.82 Å². The SMILES string of the molecule is COc1cc2nc(CSc3nnnn3-c3ccccc3OC)[nH]c(=O)c2cc1OC. The van der Waals surface area contributed by atoms with Crippen molar-refractivity contribution < 1.29 is 14.2 Å². The van der Waals surface area contributed by atoms with Gasteiger partial charge < -0.3 is 19.2 Å². The molecule has 10 nitrogen and oxygen atoms in total. The van der Waals surface area contributed by atoms with E-state index < -0.39 is 0 Å². The van der Waals surface area contributed by atoms with Crippen LogP contribution in [0.3, 0.4) is 0 Å². The first-order valence-corrected chi connectivity index (χ1v) is 9.82. The molecular weight excluding hydrogens is 408 g/mol. The summed E-state index contributed by atoms with van der Waals surface area (Å²) >= 11 is 1.34. The zero-order valence-corrected chi connectivity index (χ0v) is 17.3. The number of thioether (sulfide) groups is 1. The molecule has 0 atom stereocenters. The molecule has 2 aromatic carbocycles. The Morgan fingerprint density at radius 3 is 2.53 bits per heavy atom. The van der Waals surface area contributed by atoms with Gasteiger partial charge in [-0.1, -0.05) is 23.9 Å². The molecule has 2 aromatic heterocycles. The number of hydrogen-bond acceptors (Lipinski definition) is 9. The second-order valence-electron chi connectivity index (χ2n) is 6.07. The van der Waals surface area contributed by atoms with Crippen LogP contribution < -0.4 is 19.8 Å². The van der Waals surface area contributed by atoms with E-state index in [0.717, 1.165) is 0 Å². The van der Waals surface area contributed by atoms with Gasteiger partial charge in [0.25, 0.3) is 5.56 Å². The fourth-order valence-electron chi connectivity index (χ4n) is 2.94. The van der Waals surface area contributed by atoms with Gasteiger partial charge in [-0.15, -0.1) is 5.10 Å². The average Bonchev–Trinajstić information content (AvgIpc) is 3.25. The fraction of sp³-hybridized carbons (Fsp3) is 0.211. The van der Waals surface area contributed by atoms with Gasteiger partial charge in [0.05, 0.1) is 38.0 Å². The number of aromatic nitrogens is 6. The van der Waals surface area contributed by atoms with Crippen LogP contribution in [-0.4, -0.2) is 51.5 Å². The van der Waals surface area contributed by atoms with Crippen molar-refractivity contribution >= 4 is 22.7 Å². The average molecular weight is 426 g/mol. The molecule has 154 valence electrons. The minimum absolute atomic E-state index is 0.263. The van der Waals surface area contributed by atoms with Crippen molar-refractivity contribution in [2.75, 3.05) is 21.3 Å². The second-order valence-corrected chi connectivity index (χ2v) is 7.01. The Kier molecular flexibility index (Phi) is 5.53. The Hall–Kier alpha value is -3.60. The third kappa shape index (κ3) is 3.66. The summed E-state index contributed by atoms with van der Waals surface area (Å²) < 4.78 is 17.5. The van der Waals surface area contributed by atoms with Crippen LogP contribution >= 0.6 is 11.8 Å². The van der Waals surface area contributed by atoms with Gasteiger partial charge in [-0.05, 0) is 28.6 Å². The number of rotatable bonds is 7. The molecule has 0 unspecified atom stereocenters. The summed E-state index contributed by atoms with van der Waals surface area (Å²) in [5, 5.41) is 12.8. The van der Waals surface area contributed by atoms with Crippen molar-refractivity contribution in [1.82, 2.24) is 30.2 Å². The monoisotopic (exact) mass is 426 g/mol. The zero-order valence-electron chi connectivity index (χ0n) is 16.4. The summed E-state index contributed by atoms with van der Waals surface area (Å²) in [7, 11) is 4.64. The molecule has 0 aliphatic carbocycles. The van der Waals surface area contributed by atoms with Gasteiger partial charge in [0.15, 0.2) is 11.5 Å². The molecule has 30 heavy (non-hydrogen) atoms. The van der Waals surface area contributed by atoms with Crippen molar-refractivity contribution in [2.45, 2.75) is 10.9 Å². The first-order valence-electron chi connectivity index (χ1n) is 8.84. The predicted molar refractivity (Wildman–Crippen MR) is 111 cm³/mol. The van der Waals surface area contributed by atoms with E-state index in [2.05, 4.69) is 25.5 Å². The molecule has 11 heteroatoms. The van der Waals surface area contributed by atoms with Crippen molar-refractivity contribution in [3.8, 4) is 22.9 Å². The van der Waals surface area contributed by atoms with E-state index in [1.165, 1.54) is 26.0 Å². The quantitative estimate of drug-likeness (QED) is 0.444. The molecule has 2 heterocycles. The van der Waals surface area contributed by atoms with Crippen LogP contribution in [0.25, 0.3) is 16.6 Å². The first kappa shape index (κ1) is 19.7. The summed E-state index contributed by atoms with van der Waals surface area (Å²) in [5.41, 5.74) is 0.960. The highest BCUT2D eigenvalue weighted by Gasteiger charge is 2.15. The van der Waals surface area contributed by atoms with Crippen LogP contribution in [0.15, 0.2) is 46.3 Å². The van der Waals surface area contributed by atoms with Gasteiger partial charge in [0.1, 0.15) is 17.3 Å². The number of aromatic amines is 1. The Labute approximate surface area is 175 Å². The maximum Gasteiger partial charge on any atom is 0.258 e. The van der Waals surface area contributed by atoms with Gasteiger partial charge in [-0.2, -0.15) is 4.68 Å². The largest absolute Gasteiger partial charge is 0.494 e. The van der Waals surface area contributed by atoms with Crippen molar-refractivity contribution in [3.63, 3.8) is 0 Å². The van der Waals surface area contributed by atoms with E-state index in [1.54, 1.807) is 23.9 Å². The van der Waals surface area contributed by atoms with Gasteiger partial charge in [-0.3, -0.25) is 4.79 Å². The fourth-order valence-corrected chi connectivity index (χ4v) is 3.69. The topological polar surface area (TPSA) is 117 Å². The summed E-state index contributed by atoms with van der Waals surface area (Å²) in [6.45, 7) is 0. The minimum atomic E-state index is -0.263. The normalized spacial score (nSPS) is 10.9. The lowest BCUT2D eigenvalue weighted by molar-refractivity contribution is 0.355. The highest BCUT2D eigenvalue weighted by atomic mass is 32.2. The van der Waals surface area contributed by atoms with Crippen LogP contribution in [-0.2, 0) is 5.75 Å². The molecule has 0 amide bonds. The lowest BCUT2D eigenvalue weighted by atomic mass is 10.2. The molecule has 4 aromatic rings. The lowest BCUT2D eigenvalue weighted by Gasteiger charge is -2.10. The molecule has 0 aliphatic heterocycles. The van der Waals surface area contributed by atoms with E-state index in [1.807, 2.05) is 24.3 Å². The number of methoxy groups -OCH3 is 3.